The van der Waals surface area contributed by atoms with Gasteiger partial charge in [-0.3, -0.25) is 0 Å². The molecule has 3 rings (SSSR count). The molecule has 0 spiro atoms. The summed E-state index contributed by atoms with van der Waals surface area (Å²) >= 11 is 8.13. The number of benzene rings is 3. The van der Waals surface area contributed by atoms with Gasteiger partial charge in [0, 0.05) is 0 Å². The Balaban J connectivity index is 1.72. The van der Waals surface area contributed by atoms with Gasteiger partial charge in [0.05, 0.1) is 0 Å². The molecule has 0 bridgehead atoms. The SMILES string of the molecule is CCCCCCCCCCCCCP(Cl)(c1ccccc1)(c1ccccc1)c1ccccc1. The number of unbranched alkanes of at least 4 members (excludes halogenated alkanes) is 10. The monoisotopic (exact) mass is 480 g/mol. The minimum atomic E-state index is -3.06. The van der Waals surface area contributed by atoms with Gasteiger partial charge in [0.2, 0.25) is 0 Å². The van der Waals surface area contributed by atoms with E-state index in [-0.39, 0.29) is 0 Å². The topological polar surface area (TPSA) is 0 Å². The van der Waals surface area contributed by atoms with Gasteiger partial charge < -0.3 is 0 Å². The molecule has 0 atom stereocenters. The van der Waals surface area contributed by atoms with E-state index in [1.807, 2.05) is 0 Å². The summed E-state index contributed by atoms with van der Waals surface area (Å²) in [5, 5.41) is 3.86. The summed E-state index contributed by atoms with van der Waals surface area (Å²) in [6.45, 7) is 2.29. The van der Waals surface area contributed by atoms with E-state index in [2.05, 4.69) is 97.9 Å². The van der Waals surface area contributed by atoms with E-state index in [0.29, 0.717) is 0 Å². The molecule has 178 valence electrons. The van der Waals surface area contributed by atoms with Crippen molar-refractivity contribution in [3.8, 4) is 0 Å². The summed E-state index contributed by atoms with van der Waals surface area (Å²) in [6, 6.07) is 32.7. The van der Waals surface area contributed by atoms with Crippen molar-refractivity contribution in [3.63, 3.8) is 0 Å². The summed E-state index contributed by atoms with van der Waals surface area (Å²) in [5.74, 6) is -3.06. The van der Waals surface area contributed by atoms with Crippen LogP contribution >= 0.6 is 17.2 Å². The van der Waals surface area contributed by atoms with Gasteiger partial charge in [-0.2, -0.15) is 0 Å². The molecule has 0 amide bonds. The molecular formula is C31H42ClP. The summed E-state index contributed by atoms with van der Waals surface area (Å²) in [5.41, 5.74) is 0. The van der Waals surface area contributed by atoms with Crippen molar-refractivity contribution in [2.45, 2.75) is 77.6 Å². The van der Waals surface area contributed by atoms with E-state index in [1.54, 1.807) is 0 Å². The average Bonchev–Trinajstić information content (AvgIpc) is 2.89. The first-order valence-corrected chi connectivity index (χ1v) is 16.4. The zero-order valence-corrected chi connectivity index (χ0v) is 22.1. The van der Waals surface area contributed by atoms with Crippen LogP contribution in [0.5, 0.6) is 0 Å². The van der Waals surface area contributed by atoms with Crippen LogP contribution in [-0.4, -0.2) is 6.16 Å². The Labute approximate surface area is 207 Å². The van der Waals surface area contributed by atoms with E-state index < -0.39 is 5.96 Å². The summed E-state index contributed by atoms with van der Waals surface area (Å²) in [6.07, 6.45) is 15.9. The van der Waals surface area contributed by atoms with Crippen molar-refractivity contribution in [2.24, 2.45) is 0 Å². The average molecular weight is 481 g/mol. The van der Waals surface area contributed by atoms with Crippen LogP contribution in [0.15, 0.2) is 91.0 Å². The Hall–Kier alpha value is -1.62. The van der Waals surface area contributed by atoms with Gasteiger partial charge in [-0.15, -0.1) is 0 Å². The summed E-state index contributed by atoms with van der Waals surface area (Å²) in [4.78, 5) is 0. The third-order valence-corrected chi connectivity index (χ3v) is 14.6. The first kappa shape index (κ1) is 26.0. The summed E-state index contributed by atoms with van der Waals surface area (Å²) < 4.78 is 0. The van der Waals surface area contributed by atoms with Gasteiger partial charge in [-0.25, -0.2) is 0 Å². The zero-order chi connectivity index (χ0) is 23.3. The molecule has 3 aromatic rings. The third-order valence-electron chi connectivity index (χ3n) is 7.07. The van der Waals surface area contributed by atoms with Gasteiger partial charge in [-0.05, 0) is 0 Å². The molecule has 0 saturated carbocycles. The molecule has 0 fully saturated rings. The first-order valence-electron chi connectivity index (χ1n) is 13.1. The van der Waals surface area contributed by atoms with Gasteiger partial charge in [0.15, 0.2) is 0 Å². The molecule has 0 saturated heterocycles. The Kier molecular flexibility index (Phi) is 10.5. The number of rotatable bonds is 15. The van der Waals surface area contributed by atoms with Crippen LogP contribution in [-0.2, 0) is 0 Å². The fourth-order valence-electron chi connectivity index (χ4n) is 5.12. The molecule has 3 aromatic carbocycles. The van der Waals surface area contributed by atoms with Crippen molar-refractivity contribution in [1.29, 1.82) is 0 Å². The predicted molar refractivity (Wildman–Crippen MR) is 152 cm³/mol. The molecule has 0 aliphatic rings. The van der Waals surface area contributed by atoms with Gasteiger partial charge in [0.1, 0.15) is 0 Å². The van der Waals surface area contributed by atoms with Crippen LogP contribution in [0.1, 0.15) is 77.6 Å². The molecule has 0 aromatic heterocycles. The van der Waals surface area contributed by atoms with E-state index in [9.17, 15) is 0 Å². The van der Waals surface area contributed by atoms with E-state index in [4.69, 9.17) is 11.2 Å². The van der Waals surface area contributed by atoms with Gasteiger partial charge in [0.25, 0.3) is 0 Å². The van der Waals surface area contributed by atoms with Gasteiger partial charge in [-0.1, -0.05) is 6.92 Å². The van der Waals surface area contributed by atoms with Crippen LogP contribution in [0, 0.1) is 0 Å². The van der Waals surface area contributed by atoms with Gasteiger partial charge >= 0.3 is 201 Å². The molecule has 0 radical (unpaired) electrons. The van der Waals surface area contributed by atoms with E-state index >= 15 is 0 Å². The van der Waals surface area contributed by atoms with Crippen molar-refractivity contribution in [2.75, 3.05) is 6.16 Å². The van der Waals surface area contributed by atoms with Crippen molar-refractivity contribution in [1.82, 2.24) is 0 Å². The van der Waals surface area contributed by atoms with Crippen LogP contribution in [0.25, 0.3) is 0 Å². The van der Waals surface area contributed by atoms with E-state index in [1.165, 1.54) is 80.1 Å². The number of halogens is 1. The molecular weight excluding hydrogens is 439 g/mol. The second-order valence-corrected chi connectivity index (χ2v) is 16.0. The quantitative estimate of drug-likeness (QED) is 0.150. The molecule has 0 heterocycles. The Morgan fingerprint density at radius 2 is 0.758 bits per heavy atom. The molecule has 2 heteroatoms. The zero-order valence-electron chi connectivity index (χ0n) is 20.5. The molecule has 0 aliphatic heterocycles. The Bertz CT molecular complexity index is 808. The molecule has 33 heavy (non-hydrogen) atoms. The standard InChI is InChI=1S/C31H42ClP/c1-2-3-4-5-6-7-8-9-10-11-21-28-33(32,29-22-15-12-16-23-29,30-24-17-13-18-25-30)31-26-19-14-20-27-31/h12-20,22-27H,2-11,21,28H2,1H3. The number of hydrogen-bond donors (Lipinski definition) is 0. The van der Waals surface area contributed by atoms with Crippen LogP contribution in [0.2, 0.25) is 0 Å². The molecule has 0 nitrogen and oxygen atoms in total. The normalized spacial score (nSPS) is 12.8. The third kappa shape index (κ3) is 6.49. The summed E-state index contributed by atoms with van der Waals surface area (Å²) in [7, 11) is 0. The molecule has 0 N–H and O–H groups in total. The fourth-order valence-corrected chi connectivity index (χ4v) is 11.4. The van der Waals surface area contributed by atoms with Crippen LogP contribution in [0.4, 0.5) is 0 Å². The van der Waals surface area contributed by atoms with E-state index in [0.717, 1.165) is 12.6 Å². The minimum absolute atomic E-state index is 1.02. The van der Waals surface area contributed by atoms with Crippen LogP contribution < -0.4 is 15.9 Å². The maximum absolute atomic E-state index is 8.13. The molecule has 0 unspecified atom stereocenters. The first-order chi connectivity index (χ1) is 16.2. The fraction of sp³-hybridized carbons (Fsp3) is 0.419. The second-order valence-electron chi connectivity index (χ2n) is 9.45. The van der Waals surface area contributed by atoms with Crippen molar-refractivity contribution >= 4 is 33.1 Å². The maximum atomic E-state index is 8.13. The van der Waals surface area contributed by atoms with Crippen LogP contribution in [0.3, 0.4) is 0 Å². The number of hydrogen-bond acceptors (Lipinski definition) is 0. The predicted octanol–water partition coefficient (Wildman–Crippen LogP) is 8.98. The Morgan fingerprint density at radius 1 is 0.455 bits per heavy atom. The van der Waals surface area contributed by atoms with Crippen molar-refractivity contribution in [3.05, 3.63) is 91.0 Å². The second kappa shape index (κ2) is 13.3. The molecule has 0 aliphatic carbocycles. The Morgan fingerprint density at radius 3 is 1.09 bits per heavy atom. The van der Waals surface area contributed by atoms with Crippen molar-refractivity contribution < 1.29 is 0 Å².